The van der Waals surface area contributed by atoms with Gasteiger partial charge in [0.05, 0.1) is 24.8 Å². The molecule has 1 aromatic carbocycles. The van der Waals surface area contributed by atoms with Gasteiger partial charge in [0.15, 0.2) is 0 Å². The van der Waals surface area contributed by atoms with E-state index in [4.69, 9.17) is 4.74 Å². The van der Waals surface area contributed by atoms with Crippen molar-refractivity contribution in [1.82, 2.24) is 4.90 Å². The van der Waals surface area contributed by atoms with Crippen molar-refractivity contribution in [2.24, 2.45) is 0 Å². The van der Waals surface area contributed by atoms with Gasteiger partial charge < -0.3 is 14.9 Å². The number of carbonyl (C=O) groups is 1. The normalized spacial score (nSPS) is 24.5. The number of halogens is 3. The van der Waals surface area contributed by atoms with Gasteiger partial charge in [-0.05, 0) is 38.5 Å². The van der Waals surface area contributed by atoms with Gasteiger partial charge in [-0.3, -0.25) is 4.90 Å². The van der Waals surface area contributed by atoms with Crippen molar-refractivity contribution in [3.8, 4) is 0 Å². The number of aliphatic hydroxyl groups is 2. The number of alkyl halides is 3. The van der Waals surface area contributed by atoms with Crippen LogP contribution in [0.5, 0.6) is 0 Å². The van der Waals surface area contributed by atoms with Gasteiger partial charge in [-0.2, -0.15) is 13.2 Å². The number of hydrogen-bond acceptors (Lipinski definition) is 4. The maximum atomic E-state index is 12.7. The highest BCUT2D eigenvalue weighted by molar-refractivity contribution is 5.69. The summed E-state index contributed by atoms with van der Waals surface area (Å²) in [6, 6.07) is 3.47. The Labute approximate surface area is 144 Å². The first kappa shape index (κ1) is 19.5. The van der Waals surface area contributed by atoms with E-state index in [1.807, 2.05) is 0 Å². The lowest BCUT2D eigenvalue weighted by atomic mass is 9.90. The summed E-state index contributed by atoms with van der Waals surface area (Å²) in [5.74, 6) is 0. The Bertz CT molecular complexity index is 624. The lowest BCUT2D eigenvalue weighted by Gasteiger charge is -2.28. The van der Waals surface area contributed by atoms with Crippen molar-refractivity contribution in [2.75, 3.05) is 13.2 Å². The predicted octanol–water partition coefficient (Wildman–Crippen LogP) is 2.89. The molecule has 140 valence electrons. The first-order chi connectivity index (χ1) is 11.4. The van der Waals surface area contributed by atoms with Crippen LogP contribution in [0.2, 0.25) is 0 Å². The molecule has 0 aliphatic carbocycles. The molecule has 1 saturated heterocycles. The van der Waals surface area contributed by atoms with Crippen LogP contribution in [0, 0.1) is 0 Å². The molecule has 2 N–H and O–H groups in total. The highest BCUT2D eigenvalue weighted by Crippen LogP contribution is 2.38. The monoisotopic (exact) mass is 361 g/mol. The summed E-state index contributed by atoms with van der Waals surface area (Å²) in [7, 11) is 0. The molecule has 1 aromatic rings. The highest BCUT2D eigenvalue weighted by atomic mass is 19.4. The van der Waals surface area contributed by atoms with Gasteiger partial charge in [-0.15, -0.1) is 0 Å². The highest BCUT2D eigenvalue weighted by Gasteiger charge is 2.47. The molecule has 0 saturated carbocycles. The lowest BCUT2D eigenvalue weighted by Crippen LogP contribution is -2.42. The van der Waals surface area contributed by atoms with Crippen LogP contribution in [-0.2, 0) is 16.5 Å². The molecular formula is C17H22F3NO4. The molecule has 1 heterocycles. The molecule has 1 fully saturated rings. The Morgan fingerprint density at radius 2 is 1.84 bits per heavy atom. The summed E-state index contributed by atoms with van der Waals surface area (Å²) in [4.78, 5) is 13.5. The van der Waals surface area contributed by atoms with E-state index >= 15 is 0 Å². The number of ether oxygens (including phenoxy) is 1. The van der Waals surface area contributed by atoms with Gasteiger partial charge in [0.2, 0.25) is 0 Å². The molecule has 1 aliphatic rings. The third-order valence-corrected chi connectivity index (χ3v) is 4.03. The van der Waals surface area contributed by atoms with E-state index in [9.17, 15) is 28.2 Å². The second-order valence-electron chi connectivity index (χ2n) is 7.26. The van der Waals surface area contributed by atoms with Crippen molar-refractivity contribution in [2.45, 2.75) is 50.6 Å². The molecule has 5 nitrogen and oxygen atoms in total. The quantitative estimate of drug-likeness (QED) is 0.850. The van der Waals surface area contributed by atoms with Crippen molar-refractivity contribution in [3.05, 3.63) is 35.4 Å². The van der Waals surface area contributed by atoms with Gasteiger partial charge in [0.25, 0.3) is 0 Å². The van der Waals surface area contributed by atoms with Gasteiger partial charge in [-0.25, -0.2) is 4.79 Å². The zero-order chi connectivity index (χ0) is 19.0. The second kappa shape index (κ2) is 6.49. The Hall–Kier alpha value is -1.80. The fourth-order valence-corrected chi connectivity index (χ4v) is 2.85. The predicted molar refractivity (Wildman–Crippen MR) is 83.8 cm³/mol. The summed E-state index contributed by atoms with van der Waals surface area (Å²) >= 11 is 0. The van der Waals surface area contributed by atoms with Crippen LogP contribution in [0.4, 0.5) is 18.0 Å². The molecule has 0 spiro atoms. The Balaban J connectivity index is 2.23. The summed E-state index contributed by atoms with van der Waals surface area (Å²) in [5.41, 5.74) is -2.86. The van der Waals surface area contributed by atoms with Crippen molar-refractivity contribution in [1.29, 1.82) is 0 Å². The zero-order valence-corrected chi connectivity index (χ0v) is 14.3. The molecule has 0 radical (unpaired) electrons. The van der Waals surface area contributed by atoms with Crippen LogP contribution < -0.4 is 0 Å². The minimum atomic E-state index is -4.47. The molecule has 2 atom stereocenters. The van der Waals surface area contributed by atoms with E-state index in [1.165, 1.54) is 17.0 Å². The third-order valence-electron chi connectivity index (χ3n) is 4.03. The maximum Gasteiger partial charge on any atom is 0.416 e. The lowest BCUT2D eigenvalue weighted by molar-refractivity contribution is -0.137. The topological polar surface area (TPSA) is 70.0 Å². The van der Waals surface area contributed by atoms with Crippen molar-refractivity contribution < 1.29 is 32.9 Å². The molecule has 25 heavy (non-hydrogen) atoms. The van der Waals surface area contributed by atoms with Gasteiger partial charge in [-0.1, -0.05) is 12.1 Å². The number of likely N-dealkylation sites (tertiary alicyclic amines) is 1. The Kier molecular flexibility index (Phi) is 5.07. The number of hydrogen-bond donors (Lipinski definition) is 2. The SMILES string of the molecule is CC(C)(C)OC(=O)N1C[C@@](O)(c2ccc(C(F)(F)F)cc2)C[C@H]1CO. The van der Waals surface area contributed by atoms with Crippen LogP contribution in [0.15, 0.2) is 24.3 Å². The van der Waals surface area contributed by atoms with Crippen molar-refractivity contribution >= 4 is 6.09 Å². The Morgan fingerprint density at radius 1 is 1.28 bits per heavy atom. The Morgan fingerprint density at radius 3 is 2.28 bits per heavy atom. The average Bonchev–Trinajstić information content (AvgIpc) is 2.83. The number of rotatable bonds is 2. The van der Waals surface area contributed by atoms with Crippen LogP contribution in [0.1, 0.15) is 38.3 Å². The fourth-order valence-electron chi connectivity index (χ4n) is 2.85. The number of nitrogens with zero attached hydrogens (tertiary/aromatic N) is 1. The van der Waals surface area contributed by atoms with E-state index in [2.05, 4.69) is 0 Å². The minimum absolute atomic E-state index is 0.00804. The van der Waals surface area contributed by atoms with Crippen LogP contribution in [0.3, 0.4) is 0 Å². The number of carbonyl (C=O) groups excluding carboxylic acids is 1. The second-order valence-corrected chi connectivity index (χ2v) is 7.26. The average molecular weight is 361 g/mol. The molecule has 0 aromatic heterocycles. The van der Waals surface area contributed by atoms with E-state index in [1.54, 1.807) is 20.8 Å². The van der Waals surface area contributed by atoms with Crippen LogP contribution >= 0.6 is 0 Å². The number of aliphatic hydroxyl groups excluding tert-OH is 1. The molecular weight excluding hydrogens is 339 g/mol. The van der Waals surface area contributed by atoms with Crippen LogP contribution in [-0.4, -0.2) is 46.0 Å². The number of amides is 1. The van der Waals surface area contributed by atoms with Gasteiger partial charge >= 0.3 is 12.3 Å². The summed E-state index contributed by atoms with van der Waals surface area (Å²) in [6.45, 7) is 4.52. The number of benzene rings is 1. The summed E-state index contributed by atoms with van der Waals surface area (Å²) in [6.07, 6.45) is -5.14. The van der Waals surface area contributed by atoms with E-state index < -0.39 is 35.1 Å². The summed E-state index contributed by atoms with van der Waals surface area (Å²) in [5, 5.41) is 20.3. The van der Waals surface area contributed by atoms with E-state index in [0.717, 1.165) is 12.1 Å². The molecule has 1 aliphatic heterocycles. The van der Waals surface area contributed by atoms with Gasteiger partial charge in [0, 0.05) is 6.42 Å². The minimum Gasteiger partial charge on any atom is -0.444 e. The molecule has 0 unspecified atom stereocenters. The largest absolute Gasteiger partial charge is 0.444 e. The van der Waals surface area contributed by atoms with Gasteiger partial charge in [0.1, 0.15) is 11.2 Å². The molecule has 1 amide bonds. The van der Waals surface area contributed by atoms with E-state index in [-0.39, 0.29) is 25.1 Å². The fraction of sp³-hybridized carbons (Fsp3) is 0.588. The molecule has 2 rings (SSSR count). The van der Waals surface area contributed by atoms with E-state index in [0.29, 0.717) is 0 Å². The zero-order valence-electron chi connectivity index (χ0n) is 14.3. The first-order valence-electron chi connectivity index (χ1n) is 7.86. The molecule has 0 bridgehead atoms. The maximum absolute atomic E-state index is 12.7. The van der Waals surface area contributed by atoms with Crippen LogP contribution in [0.25, 0.3) is 0 Å². The standard InChI is InChI=1S/C17H22F3NO4/c1-15(2,3)25-14(23)21-10-16(24,8-13(21)9-22)11-4-6-12(7-5-11)17(18,19)20/h4-7,13,22,24H,8-10H2,1-3H3/t13-,16+/m0/s1. The third kappa shape index (κ3) is 4.43. The molecule has 8 heteroatoms. The first-order valence-corrected chi connectivity index (χ1v) is 7.86. The smallest absolute Gasteiger partial charge is 0.416 e. The number of β-amino-alcohol motifs (C(OH)–C–C–N with tert-alkyl or cyclic N) is 1. The van der Waals surface area contributed by atoms with Crippen molar-refractivity contribution in [3.63, 3.8) is 0 Å². The summed E-state index contributed by atoms with van der Waals surface area (Å²) < 4.78 is 43.3.